The molecule has 5 fully saturated rings. The first-order valence-electron chi connectivity index (χ1n) is 17.4. The van der Waals surface area contributed by atoms with Gasteiger partial charge in [-0.3, -0.25) is 18.8 Å². The van der Waals surface area contributed by atoms with Crippen molar-refractivity contribution < 1.29 is 17.6 Å². The lowest BCUT2D eigenvalue weighted by Gasteiger charge is -2.59. The van der Waals surface area contributed by atoms with Gasteiger partial charge in [0.1, 0.15) is 6.17 Å². The van der Waals surface area contributed by atoms with Crippen LogP contribution < -0.4 is 5.69 Å². The molecule has 45 heavy (non-hydrogen) atoms. The second-order valence-corrected chi connectivity index (χ2v) is 15.1. The fourth-order valence-electron chi connectivity index (χ4n) is 10.0. The van der Waals surface area contributed by atoms with Crippen molar-refractivity contribution in [1.82, 2.24) is 28.8 Å². The molecular weight excluding hydrogens is 584 g/mol. The number of nitrogens with zero attached hydrogens (tertiary/aromatic N) is 6. The van der Waals surface area contributed by atoms with Crippen molar-refractivity contribution in [2.24, 2.45) is 17.3 Å². The minimum atomic E-state index is -4.59. The molecule has 250 valence electrons. The quantitative estimate of drug-likeness (QED) is 0.350. The van der Waals surface area contributed by atoms with E-state index in [0.29, 0.717) is 49.5 Å². The smallest absolute Gasteiger partial charge is 0.299 e. The number of aromatic nitrogens is 2. The number of hydrogen-bond acceptors (Lipinski definition) is 5. The maximum atomic E-state index is 14.4. The summed E-state index contributed by atoms with van der Waals surface area (Å²) in [5.74, 6) is 1.07. The molecule has 5 heterocycles. The topological polar surface area (TPSA) is 39.4 Å². The van der Waals surface area contributed by atoms with E-state index in [0.717, 1.165) is 58.3 Å². The van der Waals surface area contributed by atoms with Gasteiger partial charge < -0.3 is 0 Å². The normalized spacial score (nSPS) is 33.6. The van der Waals surface area contributed by atoms with Crippen LogP contribution in [0.5, 0.6) is 0 Å². The summed E-state index contributed by atoms with van der Waals surface area (Å²) in [7, 11) is 2.27. The van der Waals surface area contributed by atoms with Gasteiger partial charge in [-0.25, -0.2) is 19.2 Å². The number of likely N-dealkylation sites (tertiary alicyclic amines) is 1. The molecule has 3 atom stereocenters. The lowest BCUT2D eigenvalue weighted by atomic mass is 9.51. The van der Waals surface area contributed by atoms with Crippen molar-refractivity contribution in [2.75, 3.05) is 39.9 Å². The van der Waals surface area contributed by atoms with Crippen LogP contribution in [-0.4, -0.2) is 81.0 Å². The highest BCUT2D eigenvalue weighted by Gasteiger charge is 2.59. The molecule has 7 rings (SSSR count). The van der Waals surface area contributed by atoms with Gasteiger partial charge in [0.05, 0.1) is 23.9 Å². The first-order chi connectivity index (χ1) is 21.5. The molecule has 2 aliphatic carbocycles. The zero-order valence-corrected chi connectivity index (χ0v) is 27.0. The van der Waals surface area contributed by atoms with Crippen LogP contribution in [0.25, 0.3) is 5.52 Å². The van der Waals surface area contributed by atoms with E-state index in [9.17, 15) is 22.4 Å². The Morgan fingerprint density at radius 1 is 0.933 bits per heavy atom. The number of halogens is 4. The van der Waals surface area contributed by atoms with E-state index in [2.05, 4.69) is 28.9 Å². The first kappa shape index (κ1) is 31.6. The third-order valence-corrected chi connectivity index (χ3v) is 11.9. The maximum Gasteiger partial charge on any atom is 0.418 e. The van der Waals surface area contributed by atoms with Crippen LogP contribution in [0.2, 0.25) is 0 Å². The molecule has 2 aromatic rings. The molecule has 0 bridgehead atoms. The number of rotatable bonds is 5. The fraction of sp³-hybridized carbons (Fsp3) is 0.794. The summed E-state index contributed by atoms with van der Waals surface area (Å²) in [6, 6.07) is 1.08. The molecule has 2 aromatic heterocycles. The standard InChI is InChI=1S/C34H50F4N6O/c1-24-18-33(19-24,31-39(2)23-41-12-5-3-4-6-13-44(31)41)26-8-7-9-28(17-26)42-22-30-29(34(36,37)38)16-25(21-43(30)32(42)45)20-40-14-10-27(35)11-15-40/h16,21-22,24,26-28,31H,3-15,17-20,23H2,1-2H3/t24-,26?,28?,31?,33-. The average molecular weight is 635 g/mol. The van der Waals surface area contributed by atoms with Crippen molar-refractivity contribution in [1.29, 1.82) is 0 Å². The number of piperidine rings is 1. The second-order valence-electron chi connectivity index (χ2n) is 15.1. The fourth-order valence-corrected chi connectivity index (χ4v) is 10.0. The molecule has 5 aliphatic rings. The largest absolute Gasteiger partial charge is 0.418 e. The summed E-state index contributed by atoms with van der Waals surface area (Å²) in [5, 5.41) is 5.23. The molecule has 0 spiro atoms. The van der Waals surface area contributed by atoms with Crippen molar-refractivity contribution in [3.63, 3.8) is 0 Å². The van der Waals surface area contributed by atoms with E-state index in [4.69, 9.17) is 0 Å². The SMILES string of the molecule is CN1CN2CCCCCCN2C1[C@]1(C2CCCC(n3cc4c(C(F)(F)F)cc(CN5CCC(F)CC5)cn4c3=O)C2)C[C@@H](C)C1. The lowest BCUT2D eigenvalue weighted by Crippen LogP contribution is -2.61. The van der Waals surface area contributed by atoms with Gasteiger partial charge in [0.15, 0.2) is 0 Å². The number of fused-ring (bicyclic) bond motifs is 2. The maximum absolute atomic E-state index is 14.4. The Balaban J connectivity index is 1.19. The van der Waals surface area contributed by atoms with Gasteiger partial charge >= 0.3 is 11.9 Å². The first-order valence-corrected chi connectivity index (χ1v) is 17.4. The van der Waals surface area contributed by atoms with Crippen LogP contribution in [0.15, 0.2) is 23.3 Å². The number of hydrazine groups is 1. The van der Waals surface area contributed by atoms with E-state index in [1.165, 1.54) is 42.3 Å². The van der Waals surface area contributed by atoms with E-state index in [-0.39, 0.29) is 29.2 Å². The average Bonchev–Trinajstić information content (AvgIpc) is 3.47. The Kier molecular flexibility index (Phi) is 8.61. The number of hydrogen-bond donors (Lipinski definition) is 0. The molecule has 0 radical (unpaired) electrons. The highest BCUT2D eigenvalue weighted by Crippen LogP contribution is 2.60. The van der Waals surface area contributed by atoms with Crippen LogP contribution in [-0.2, 0) is 12.7 Å². The van der Waals surface area contributed by atoms with E-state index in [1.54, 1.807) is 10.8 Å². The highest BCUT2D eigenvalue weighted by atomic mass is 19.4. The Labute approximate surface area is 264 Å². The lowest BCUT2D eigenvalue weighted by molar-refractivity contribution is -0.151. The minimum absolute atomic E-state index is 0.0698. The van der Waals surface area contributed by atoms with Crippen LogP contribution in [0.1, 0.15) is 101 Å². The van der Waals surface area contributed by atoms with E-state index in [1.807, 2.05) is 4.90 Å². The summed E-state index contributed by atoms with van der Waals surface area (Å²) < 4.78 is 59.8. The number of alkyl halides is 4. The number of imidazole rings is 1. The molecule has 7 nitrogen and oxygen atoms in total. The van der Waals surface area contributed by atoms with Crippen molar-refractivity contribution in [3.05, 3.63) is 40.1 Å². The summed E-state index contributed by atoms with van der Waals surface area (Å²) in [4.78, 5) is 18.5. The van der Waals surface area contributed by atoms with Gasteiger partial charge in [-0.2, -0.15) is 13.2 Å². The highest BCUT2D eigenvalue weighted by molar-refractivity contribution is 5.56. The predicted octanol–water partition coefficient (Wildman–Crippen LogP) is 6.52. The Morgan fingerprint density at radius 2 is 1.67 bits per heavy atom. The molecule has 2 saturated carbocycles. The molecule has 3 aliphatic heterocycles. The molecule has 3 unspecified atom stereocenters. The van der Waals surface area contributed by atoms with Crippen molar-refractivity contribution in [3.8, 4) is 0 Å². The zero-order chi connectivity index (χ0) is 31.5. The summed E-state index contributed by atoms with van der Waals surface area (Å²) in [5.41, 5.74) is -0.648. The predicted molar refractivity (Wildman–Crippen MR) is 166 cm³/mol. The van der Waals surface area contributed by atoms with Gasteiger partial charge in [-0.1, -0.05) is 26.2 Å². The molecule has 3 saturated heterocycles. The molecule has 0 aromatic carbocycles. The summed E-state index contributed by atoms with van der Waals surface area (Å²) in [6.07, 6.45) is 9.81. The zero-order valence-electron chi connectivity index (χ0n) is 27.0. The van der Waals surface area contributed by atoms with Crippen LogP contribution >= 0.6 is 0 Å². The molecule has 11 heteroatoms. The summed E-state index contributed by atoms with van der Waals surface area (Å²) in [6.45, 7) is 6.77. The van der Waals surface area contributed by atoms with Gasteiger partial charge in [-0.15, -0.1) is 0 Å². The van der Waals surface area contributed by atoms with Gasteiger partial charge in [0.2, 0.25) is 0 Å². The Bertz CT molecular complexity index is 1410. The summed E-state index contributed by atoms with van der Waals surface area (Å²) >= 11 is 0. The van der Waals surface area contributed by atoms with Gasteiger partial charge in [-0.05, 0) is 88.3 Å². The number of pyridine rings is 1. The second kappa shape index (κ2) is 12.3. The molecule has 0 amide bonds. The minimum Gasteiger partial charge on any atom is -0.299 e. The van der Waals surface area contributed by atoms with Gasteiger partial charge in [0.25, 0.3) is 0 Å². The third-order valence-electron chi connectivity index (χ3n) is 11.9. The Morgan fingerprint density at radius 3 is 2.38 bits per heavy atom. The molecular formula is C34H50F4N6O. The van der Waals surface area contributed by atoms with Crippen LogP contribution in [0, 0.1) is 17.3 Å². The van der Waals surface area contributed by atoms with Crippen molar-refractivity contribution >= 4 is 5.52 Å². The Hall–Kier alpha value is -1.95. The van der Waals surface area contributed by atoms with Gasteiger partial charge in [0, 0.05) is 56.6 Å². The third kappa shape index (κ3) is 5.89. The van der Waals surface area contributed by atoms with Crippen LogP contribution in [0.4, 0.5) is 17.6 Å². The monoisotopic (exact) mass is 634 g/mol. The molecule has 0 N–H and O–H groups in total. The van der Waals surface area contributed by atoms with Crippen molar-refractivity contribution in [2.45, 2.75) is 115 Å². The van der Waals surface area contributed by atoms with Crippen LogP contribution in [0.3, 0.4) is 0 Å². The van der Waals surface area contributed by atoms with E-state index < -0.39 is 17.9 Å². The van der Waals surface area contributed by atoms with E-state index >= 15 is 0 Å².